The summed E-state index contributed by atoms with van der Waals surface area (Å²) in [5.41, 5.74) is 4.11. The molecule has 1 N–H and O–H groups in total. The topological polar surface area (TPSA) is 71.8 Å². The summed E-state index contributed by atoms with van der Waals surface area (Å²) in [4.78, 5) is 0.806. The first-order valence-corrected chi connectivity index (χ1v) is 10.0. The van der Waals surface area contributed by atoms with Crippen molar-refractivity contribution in [1.82, 2.24) is 30.0 Å². The number of benzene rings is 2. The third-order valence-corrected chi connectivity index (χ3v) is 5.58. The van der Waals surface area contributed by atoms with Crippen LogP contribution in [0.15, 0.2) is 66.7 Å². The molecule has 5 aromatic rings. The highest BCUT2D eigenvalue weighted by Gasteiger charge is 2.16. The summed E-state index contributed by atoms with van der Waals surface area (Å²) >= 11 is 1.60. The fourth-order valence-corrected chi connectivity index (χ4v) is 4.08. The molecule has 2 aromatic carbocycles. The van der Waals surface area contributed by atoms with Crippen molar-refractivity contribution in [2.45, 2.75) is 19.3 Å². The predicted molar refractivity (Wildman–Crippen MR) is 110 cm³/mol. The van der Waals surface area contributed by atoms with Crippen LogP contribution in [0.5, 0.6) is 0 Å². The van der Waals surface area contributed by atoms with E-state index in [4.69, 9.17) is 5.10 Å². The normalized spacial score (nSPS) is 11.3. The average Bonchev–Trinajstić information content (AvgIpc) is 3.45. The maximum absolute atomic E-state index is 4.72. The predicted octanol–water partition coefficient (Wildman–Crippen LogP) is 4.42. The third kappa shape index (κ3) is 3.32. The molecule has 6 nitrogen and oxygen atoms in total. The number of hydrogen-bond acceptors (Lipinski definition) is 5. The van der Waals surface area contributed by atoms with E-state index in [9.17, 15) is 0 Å². The number of aromatic amines is 1. The number of H-pyrrole nitrogens is 1. The van der Waals surface area contributed by atoms with E-state index >= 15 is 0 Å². The fraction of sp³-hybridized carbons (Fsp3) is 0.143. The van der Waals surface area contributed by atoms with Crippen LogP contribution in [0.2, 0.25) is 0 Å². The summed E-state index contributed by atoms with van der Waals surface area (Å²) in [5.74, 6) is 0.690. The summed E-state index contributed by atoms with van der Waals surface area (Å²) in [6.07, 6.45) is 3.04. The van der Waals surface area contributed by atoms with Crippen LogP contribution in [0.1, 0.15) is 17.0 Å². The van der Waals surface area contributed by atoms with Crippen molar-refractivity contribution in [2.24, 2.45) is 0 Å². The molecule has 0 amide bonds. The molecule has 0 atom stereocenters. The Labute approximate surface area is 165 Å². The largest absolute Gasteiger partial charge is 0.274 e. The Hall–Kier alpha value is -3.32. The highest BCUT2D eigenvalue weighted by molar-refractivity contribution is 7.16. The number of aryl methyl sites for hydroxylation is 2. The van der Waals surface area contributed by atoms with Gasteiger partial charge in [0.25, 0.3) is 0 Å². The Kier molecular flexibility index (Phi) is 4.42. The fourth-order valence-electron chi connectivity index (χ4n) is 3.21. The Morgan fingerprint density at radius 2 is 1.68 bits per heavy atom. The molecule has 3 heterocycles. The van der Waals surface area contributed by atoms with E-state index in [1.54, 1.807) is 11.3 Å². The van der Waals surface area contributed by atoms with Gasteiger partial charge in [-0.15, -0.1) is 10.2 Å². The lowest BCUT2D eigenvalue weighted by atomic mass is 10.1. The van der Waals surface area contributed by atoms with Crippen molar-refractivity contribution >= 4 is 16.3 Å². The average molecular weight is 386 g/mol. The molecule has 0 aliphatic rings. The van der Waals surface area contributed by atoms with Crippen LogP contribution in [0, 0.1) is 0 Å². The summed E-state index contributed by atoms with van der Waals surface area (Å²) < 4.78 is 1.81. The summed E-state index contributed by atoms with van der Waals surface area (Å²) in [5, 5.41) is 21.8. The van der Waals surface area contributed by atoms with Crippen LogP contribution in [0.3, 0.4) is 0 Å². The van der Waals surface area contributed by atoms with Crippen molar-refractivity contribution < 1.29 is 0 Å². The molecule has 0 fully saturated rings. The monoisotopic (exact) mass is 386 g/mol. The zero-order valence-corrected chi connectivity index (χ0v) is 15.9. The lowest BCUT2D eigenvalue weighted by Gasteiger charge is -1.98. The number of nitrogens with one attached hydrogen (secondary N) is 1. The molecule has 0 aliphatic heterocycles. The number of fused-ring (bicyclic) bond motifs is 1. The molecular formula is C21H18N6S. The zero-order chi connectivity index (χ0) is 18.8. The van der Waals surface area contributed by atoms with Gasteiger partial charge in [-0.05, 0) is 24.5 Å². The first kappa shape index (κ1) is 16.8. The van der Waals surface area contributed by atoms with E-state index in [-0.39, 0.29) is 0 Å². The molecule has 0 bridgehead atoms. The van der Waals surface area contributed by atoms with Crippen LogP contribution >= 0.6 is 11.3 Å². The van der Waals surface area contributed by atoms with Gasteiger partial charge in [0.15, 0.2) is 0 Å². The molecular weight excluding hydrogens is 368 g/mol. The standard InChI is InChI=1S/C21H18N6S/c1-3-8-15(9-4-1)10-7-13-19-26-27-20(24-25-21(27)28-19)18-14-17(22-23-18)16-11-5-2-6-12-16/h1-6,8-9,11-12,14H,7,10,13H2,(H,22,23). The lowest BCUT2D eigenvalue weighted by Crippen LogP contribution is -1.94. The Balaban J connectivity index is 1.34. The van der Waals surface area contributed by atoms with E-state index < -0.39 is 0 Å². The number of aromatic nitrogens is 6. The molecule has 0 aliphatic carbocycles. The first-order valence-electron chi connectivity index (χ1n) is 9.23. The summed E-state index contributed by atoms with van der Waals surface area (Å²) in [7, 11) is 0. The molecule has 0 radical (unpaired) electrons. The summed E-state index contributed by atoms with van der Waals surface area (Å²) in [6, 6.07) is 22.6. The highest BCUT2D eigenvalue weighted by Crippen LogP contribution is 2.25. The van der Waals surface area contributed by atoms with Gasteiger partial charge in [0, 0.05) is 12.0 Å². The van der Waals surface area contributed by atoms with Crippen molar-refractivity contribution in [3.63, 3.8) is 0 Å². The lowest BCUT2D eigenvalue weighted by molar-refractivity contribution is 0.788. The first-order chi connectivity index (χ1) is 13.9. The van der Waals surface area contributed by atoms with Gasteiger partial charge in [-0.25, -0.2) is 0 Å². The Morgan fingerprint density at radius 1 is 0.893 bits per heavy atom. The molecule has 5 rings (SSSR count). The van der Waals surface area contributed by atoms with Crippen molar-refractivity contribution in [1.29, 1.82) is 0 Å². The minimum Gasteiger partial charge on any atom is -0.274 e. The number of nitrogens with zero attached hydrogens (tertiary/aromatic N) is 5. The van der Waals surface area contributed by atoms with Gasteiger partial charge < -0.3 is 0 Å². The van der Waals surface area contributed by atoms with Crippen LogP contribution in [-0.2, 0) is 12.8 Å². The van der Waals surface area contributed by atoms with Gasteiger partial charge >= 0.3 is 0 Å². The molecule has 0 saturated heterocycles. The zero-order valence-electron chi connectivity index (χ0n) is 15.1. The second kappa shape index (κ2) is 7.36. The Bertz CT molecular complexity index is 1190. The molecule has 0 spiro atoms. The Morgan fingerprint density at radius 3 is 2.50 bits per heavy atom. The minimum absolute atomic E-state index is 0.690. The van der Waals surface area contributed by atoms with Crippen molar-refractivity contribution in [3.05, 3.63) is 77.3 Å². The second-order valence-corrected chi connectivity index (χ2v) is 7.63. The van der Waals surface area contributed by atoms with E-state index in [2.05, 4.69) is 44.7 Å². The quantitative estimate of drug-likeness (QED) is 0.469. The minimum atomic E-state index is 0.690. The van der Waals surface area contributed by atoms with Gasteiger partial charge in [-0.1, -0.05) is 72.0 Å². The number of rotatable bonds is 6. The molecule has 7 heteroatoms. The van der Waals surface area contributed by atoms with Crippen LogP contribution in [0.4, 0.5) is 0 Å². The molecule has 0 unspecified atom stereocenters. The third-order valence-electron chi connectivity index (χ3n) is 4.62. The SMILES string of the molecule is c1ccc(CCCc2nn3c(-c4cc(-c5ccccc5)n[nH]4)nnc3s2)cc1. The van der Waals surface area contributed by atoms with E-state index in [0.717, 1.165) is 46.2 Å². The maximum atomic E-state index is 4.72. The van der Waals surface area contributed by atoms with Gasteiger partial charge in [0.1, 0.15) is 10.7 Å². The van der Waals surface area contributed by atoms with E-state index in [0.29, 0.717) is 5.82 Å². The van der Waals surface area contributed by atoms with Gasteiger partial charge in [-0.3, -0.25) is 5.10 Å². The maximum Gasteiger partial charge on any atom is 0.235 e. The highest BCUT2D eigenvalue weighted by atomic mass is 32.1. The van der Waals surface area contributed by atoms with Crippen LogP contribution < -0.4 is 0 Å². The van der Waals surface area contributed by atoms with E-state index in [1.165, 1.54) is 5.56 Å². The van der Waals surface area contributed by atoms with Gasteiger partial charge in [0.05, 0.1) is 5.69 Å². The molecule has 28 heavy (non-hydrogen) atoms. The van der Waals surface area contributed by atoms with Gasteiger partial charge in [0.2, 0.25) is 10.8 Å². The molecule has 3 aromatic heterocycles. The van der Waals surface area contributed by atoms with E-state index in [1.807, 2.05) is 47.0 Å². The van der Waals surface area contributed by atoms with Crippen molar-refractivity contribution in [2.75, 3.05) is 0 Å². The number of hydrogen-bond donors (Lipinski definition) is 1. The van der Waals surface area contributed by atoms with Crippen LogP contribution in [-0.4, -0.2) is 30.0 Å². The molecule has 0 saturated carbocycles. The second-order valence-electron chi connectivity index (χ2n) is 6.59. The van der Waals surface area contributed by atoms with Crippen LogP contribution in [0.25, 0.3) is 27.7 Å². The molecule has 138 valence electrons. The van der Waals surface area contributed by atoms with Crippen molar-refractivity contribution in [3.8, 4) is 22.8 Å². The van der Waals surface area contributed by atoms with Gasteiger partial charge in [-0.2, -0.15) is 14.7 Å². The smallest absolute Gasteiger partial charge is 0.235 e. The summed E-state index contributed by atoms with van der Waals surface area (Å²) in [6.45, 7) is 0.